The van der Waals surface area contributed by atoms with Gasteiger partial charge < -0.3 is 14.3 Å². The molecule has 2 aromatic heterocycles. The van der Waals surface area contributed by atoms with E-state index in [1.165, 1.54) is 24.4 Å². The molecule has 1 aliphatic rings. The van der Waals surface area contributed by atoms with E-state index in [1.807, 2.05) is 5.32 Å². The molecule has 2 N–H and O–H groups in total. The molecule has 0 aliphatic carbocycles. The van der Waals surface area contributed by atoms with Crippen LogP contribution in [0.3, 0.4) is 0 Å². The fraction of sp³-hybridized carbons (Fsp3) is 0. The Morgan fingerprint density at radius 2 is 2.13 bits per heavy atom. The van der Waals surface area contributed by atoms with Crippen LogP contribution < -0.4 is 5.32 Å². The first-order valence-electron chi connectivity index (χ1n) is 6.24. The summed E-state index contributed by atoms with van der Waals surface area (Å²) in [7, 11) is 0. The molecule has 23 heavy (non-hydrogen) atoms. The summed E-state index contributed by atoms with van der Waals surface area (Å²) in [6, 6.07) is 6.11. The van der Waals surface area contributed by atoms with Crippen LogP contribution in [0, 0.1) is 0 Å². The minimum Gasteiger partial charge on any atom is -0.478 e. The molecule has 2 amide bonds. The summed E-state index contributed by atoms with van der Waals surface area (Å²) in [5.74, 6) is -1.65. The van der Waals surface area contributed by atoms with Gasteiger partial charge >= 0.3 is 12.1 Å². The van der Waals surface area contributed by atoms with Crippen LogP contribution in [0.2, 0.25) is 0 Å². The number of aromatic nitrogens is 1. The zero-order valence-corrected chi connectivity index (χ0v) is 12.1. The van der Waals surface area contributed by atoms with Crippen molar-refractivity contribution in [3.8, 4) is 0 Å². The number of alkyl carbamates (subject to hydrolysis) is 1. The topological polar surface area (TPSA) is 119 Å². The van der Waals surface area contributed by atoms with Crippen molar-refractivity contribution in [3.63, 3.8) is 0 Å². The number of rotatable bonds is 4. The maximum Gasteiger partial charge on any atom is 0.419 e. The molecule has 1 saturated heterocycles. The van der Waals surface area contributed by atoms with Gasteiger partial charge in [0.2, 0.25) is 5.76 Å². The second-order valence-corrected chi connectivity index (χ2v) is 5.27. The number of nitrogens with one attached hydrogen (secondary N) is 1. The van der Waals surface area contributed by atoms with E-state index in [2.05, 4.69) is 9.72 Å². The van der Waals surface area contributed by atoms with Crippen molar-refractivity contribution >= 4 is 35.8 Å². The number of furan rings is 1. The highest BCUT2D eigenvalue weighted by Crippen LogP contribution is 2.30. The molecule has 8 nitrogen and oxygen atoms in total. The number of hydrogen-bond acceptors (Lipinski definition) is 7. The molecule has 0 saturated carbocycles. The van der Waals surface area contributed by atoms with Crippen LogP contribution in [0.4, 0.5) is 4.79 Å². The lowest BCUT2D eigenvalue weighted by Crippen LogP contribution is -2.18. The Morgan fingerprint density at radius 1 is 1.30 bits per heavy atom. The molecule has 116 valence electrons. The lowest BCUT2D eigenvalue weighted by molar-refractivity contribution is -0.116. The van der Waals surface area contributed by atoms with Gasteiger partial charge in [-0.2, -0.15) is 0 Å². The van der Waals surface area contributed by atoms with Crippen molar-refractivity contribution < 1.29 is 28.6 Å². The fourth-order valence-electron chi connectivity index (χ4n) is 1.75. The van der Waals surface area contributed by atoms with Crippen LogP contribution >= 0.6 is 11.8 Å². The quantitative estimate of drug-likeness (QED) is 0.817. The monoisotopic (exact) mass is 332 g/mol. The van der Waals surface area contributed by atoms with Crippen LogP contribution in [0.25, 0.3) is 6.08 Å². The number of carbonyl (C=O) groups is 3. The van der Waals surface area contributed by atoms with Crippen molar-refractivity contribution in [2.24, 2.45) is 0 Å². The zero-order chi connectivity index (χ0) is 16.4. The van der Waals surface area contributed by atoms with Crippen molar-refractivity contribution in [3.05, 3.63) is 47.5 Å². The van der Waals surface area contributed by atoms with Crippen LogP contribution in [-0.4, -0.2) is 28.1 Å². The molecule has 0 unspecified atom stereocenters. The second kappa shape index (κ2) is 5.97. The SMILES string of the molecule is O=C1NC(=O)/C(=C/c2ccc(Sc3ncccc3C(=O)O)o2)O1. The van der Waals surface area contributed by atoms with Crippen LogP contribution in [0.15, 0.2) is 50.8 Å². The third-order valence-electron chi connectivity index (χ3n) is 2.72. The minimum atomic E-state index is -1.09. The third-order valence-corrected chi connectivity index (χ3v) is 3.66. The summed E-state index contributed by atoms with van der Waals surface area (Å²) in [5.41, 5.74) is 0.0536. The molecule has 0 aromatic carbocycles. The van der Waals surface area contributed by atoms with Crippen molar-refractivity contribution in [1.29, 1.82) is 0 Å². The van der Waals surface area contributed by atoms with Gasteiger partial charge in [0.05, 0.1) is 5.56 Å². The Labute approximate surface area is 133 Å². The number of cyclic esters (lactones) is 1. The van der Waals surface area contributed by atoms with E-state index in [0.717, 1.165) is 11.8 Å². The summed E-state index contributed by atoms with van der Waals surface area (Å²) in [4.78, 5) is 37.4. The Hall–Kier alpha value is -3.07. The number of nitrogens with zero attached hydrogens (tertiary/aromatic N) is 1. The Morgan fingerprint density at radius 3 is 2.83 bits per heavy atom. The van der Waals surface area contributed by atoms with E-state index in [4.69, 9.17) is 9.52 Å². The number of carboxylic acids is 1. The number of aromatic carboxylic acids is 1. The summed E-state index contributed by atoms with van der Waals surface area (Å²) < 4.78 is 10.1. The standard InChI is InChI=1S/C14H8N2O6S/c17-11-9(22-14(20)16-11)6-7-3-4-10(21-7)23-12-8(13(18)19)2-1-5-15-12/h1-6H,(H,18,19)(H,16,17,20)/b9-6-. The summed E-state index contributed by atoms with van der Waals surface area (Å²) in [6.07, 6.45) is 1.89. The summed E-state index contributed by atoms with van der Waals surface area (Å²) >= 11 is 1.03. The summed E-state index contributed by atoms with van der Waals surface area (Å²) in [5, 5.41) is 11.7. The third kappa shape index (κ3) is 3.24. The number of amides is 2. The smallest absolute Gasteiger partial charge is 0.419 e. The molecule has 0 atom stereocenters. The zero-order valence-electron chi connectivity index (χ0n) is 11.3. The molecule has 9 heteroatoms. The highest BCUT2D eigenvalue weighted by atomic mass is 32.2. The van der Waals surface area contributed by atoms with Crippen molar-refractivity contribution in [2.75, 3.05) is 0 Å². The number of carboxylic acid groups (broad SMARTS) is 1. The highest BCUT2D eigenvalue weighted by molar-refractivity contribution is 7.99. The predicted molar refractivity (Wildman–Crippen MR) is 76.6 cm³/mol. The molecule has 0 spiro atoms. The van der Waals surface area contributed by atoms with Gasteiger partial charge in [-0.05, 0) is 36.0 Å². The van der Waals surface area contributed by atoms with Crippen LogP contribution in [0.5, 0.6) is 0 Å². The number of ether oxygens (including phenoxy) is 1. The minimum absolute atomic E-state index is 0.0536. The van der Waals surface area contributed by atoms with Crippen LogP contribution in [-0.2, 0) is 9.53 Å². The number of pyridine rings is 1. The van der Waals surface area contributed by atoms with Gasteiger partial charge in [0.1, 0.15) is 10.8 Å². The summed E-state index contributed by atoms with van der Waals surface area (Å²) in [6.45, 7) is 0. The maximum absolute atomic E-state index is 11.4. The van der Waals surface area contributed by atoms with Crippen molar-refractivity contribution in [2.45, 2.75) is 10.1 Å². The Bertz CT molecular complexity index is 841. The van der Waals surface area contributed by atoms with E-state index in [1.54, 1.807) is 12.1 Å². The largest absolute Gasteiger partial charge is 0.478 e. The molecular weight excluding hydrogens is 324 g/mol. The van der Waals surface area contributed by atoms with Gasteiger partial charge in [-0.1, -0.05) is 0 Å². The molecule has 0 bridgehead atoms. The van der Waals surface area contributed by atoms with Gasteiger partial charge in [-0.3, -0.25) is 10.1 Å². The Kier molecular flexibility index (Phi) is 3.85. The first-order valence-corrected chi connectivity index (χ1v) is 7.05. The molecule has 3 rings (SSSR count). The number of hydrogen-bond donors (Lipinski definition) is 2. The van der Waals surface area contributed by atoms with E-state index >= 15 is 0 Å². The molecular formula is C14H8N2O6S. The first-order chi connectivity index (χ1) is 11.0. The lowest BCUT2D eigenvalue weighted by Gasteiger charge is -2.01. The second-order valence-electron chi connectivity index (χ2n) is 4.27. The normalized spacial score (nSPS) is 15.6. The van der Waals surface area contributed by atoms with Crippen molar-refractivity contribution in [1.82, 2.24) is 10.3 Å². The number of imide groups is 1. The van der Waals surface area contributed by atoms with E-state index < -0.39 is 18.0 Å². The molecule has 1 fully saturated rings. The first kappa shape index (κ1) is 14.9. The predicted octanol–water partition coefficient (Wildman–Crippen LogP) is 2.13. The Balaban J connectivity index is 1.81. The van der Waals surface area contributed by atoms with Gasteiger partial charge in [-0.25, -0.2) is 14.6 Å². The lowest BCUT2D eigenvalue weighted by atomic mass is 10.3. The molecule has 1 aliphatic heterocycles. The number of carbonyl (C=O) groups excluding carboxylic acids is 2. The van der Waals surface area contributed by atoms with Gasteiger partial charge in [0.25, 0.3) is 5.91 Å². The molecule has 3 heterocycles. The van der Waals surface area contributed by atoms with E-state index in [0.29, 0.717) is 5.09 Å². The fourth-order valence-corrected chi connectivity index (χ4v) is 2.59. The van der Waals surface area contributed by atoms with Crippen LogP contribution in [0.1, 0.15) is 16.1 Å². The van der Waals surface area contributed by atoms with Gasteiger partial charge in [0.15, 0.2) is 5.09 Å². The van der Waals surface area contributed by atoms with Gasteiger partial charge in [0, 0.05) is 12.3 Å². The molecule has 0 radical (unpaired) electrons. The average Bonchev–Trinajstić information content (AvgIpc) is 3.06. The maximum atomic E-state index is 11.4. The highest BCUT2D eigenvalue weighted by Gasteiger charge is 2.26. The van der Waals surface area contributed by atoms with Gasteiger partial charge in [-0.15, -0.1) is 0 Å². The van der Waals surface area contributed by atoms with E-state index in [-0.39, 0.29) is 22.1 Å². The average molecular weight is 332 g/mol. The molecule has 2 aromatic rings. The van der Waals surface area contributed by atoms with E-state index in [9.17, 15) is 14.4 Å².